The summed E-state index contributed by atoms with van der Waals surface area (Å²) in [6.45, 7) is 6.30. The molecule has 0 amide bonds. The van der Waals surface area contributed by atoms with Gasteiger partial charge in [-0.25, -0.2) is 0 Å². The summed E-state index contributed by atoms with van der Waals surface area (Å²) >= 11 is 0. The van der Waals surface area contributed by atoms with Crippen molar-refractivity contribution < 1.29 is 0 Å². The minimum absolute atomic E-state index is 0.806. The van der Waals surface area contributed by atoms with Crippen LogP contribution in [-0.4, -0.2) is 19.8 Å². The highest BCUT2D eigenvalue weighted by molar-refractivity contribution is 5.71. The van der Waals surface area contributed by atoms with Crippen molar-refractivity contribution in [3.8, 4) is 0 Å². The lowest BCUT2D eigenvalue weighted by atomic mass is 10.4. The maximum Gasteiger partial charge on any atom is 0.0498 e. The van der Waals surface area contributed by atoms with Gasteiger partial charge in [0.25, 0.3) is 0 Å². The van der Waals surface area contributed by atoms with E-state index in [4.69, 9.17) is 0 Å². The average Bonchev–Trinajstić information content (AvgIpc) is 1.98. The molecule has 0 saturated heterocycles. The van der Waals surface area contributed by atoms with Crippen LogP contribution in [0, 0.1) is 0 Å². The average molecular weight is 138 g/mol. The highest BCUT2D eigenvalue weighted by Crippen LogP contribution is 1.91. The fraction of sp³-hybridized carbons (Fsp3) is 0.375. The molecule has 0 atom stereocenters. The first-order chi connectivity index (χ1) is 4.85. The van der Waals surface area contributed by atoms with Crippen LogP contribution in [0.4, 0.5) is 0 Å². The molecule has 0 aromatic carbocycles. The Bertz CT molecular complexity index is 145. The molecule has 0 aliphatic carbocycles. The quantitative estimate of drug-likeness (QED) is 0.583. The lowest BCUT2D eigenvalue weighted by molar-refractivity contribution is 0.870. The van der Waals surface area contributed by atoms with Crippen molar-refractivity contribution in [3.63, 3.8) is 0 Å². The van der Waals surface area contributed by atoms with Crippen LogP contribution in [0.25, 0.3) is 0 Å². The summed E-state index contributed by atoms with van der Waals surface area (Å²) in [5.74, 6) is 0. The largest absolute Gasteiger partial charge is 0.314 e. The van der Waals surface area contributed by atoms with Gasteiger partial charge in [-0.3, -0.25) is 4.99 Å². The Morgan fingerprint density at radius 2 is 2.40 bits per heavy atom. The smallest absolute Gasteiger partial charge is 0.0498 e. The molecule has 0 aromatic heterocycles. The Labute approximate surface area is 62.4 Å². The van der Waals surface area contributed by atoms with Crippen molar-refractivity contribution in [2.75, 3.05) is 13.6 Å². The first kappa shape index (κ1) is 9.11. The third kappa shape index (κ3) is 4.04. The SMILES string of the molecule is C=CC=N/C(=C\C)CNC. The van der Waals surface area contributed by atoms with Gasteiger partial charge < -0.3 is 5.32 Å². The molecular weight excluding hydrogens is 124 g/mol. The van der Waals surface area contributed by atoms with E-state index in [9.17, 15) is 0 Å². The molecule has 56 valence electrons. The maximum absolute atomic E-state index is 4.11. The predicted molar refractivity (Wildman–Crippen MR) is 46.4 cm³/mol. The summed E-state index contributed by atoms with van der Waals surface area (Å²) in [5, 5.41) is 3.01. The number of hydrogen-bond donors (Lipinski definition) is 1. The Morgan fingerprint density at radius 1 is 1.70 bits per heavy atom. The molecule has 2 heteroatoms. The zero-order valence-electron chi connectivity index (χ0n) is 6.59. The van der Waals surface area contributed by atoms with E-state index in [0.717, 1.165) is 12.2 Å². The van der Waals surface area contributed by atoms with Crippen LogP contribution in [0.1, 0.15) is 6.92 Å². The molecule has 0 heterocycles. The van der Waals surface area contributed by atoms with Gasteiger partial charge in [0, 0.05) is 18.5 Å². The topological polar surface area (TPSA) is 24.4 Å². The van der Waals surface area contributed by atoms with Crippen molar-refractivity contribution in [3.05, 3.63) is 24.4 Å². The lowest BCUT2D eigenvalue weighted by Crippen LogP contribution is -2.08. The summed E-state index contributed by atoms with van der Waals surface area (Å²) < 4.78 is 0. The Kier molecular flexibility index (Phi) is 5.68. The van der Waals surface area contributed by atoms with Gasteiger partial charge in [-0.15, -0.1) is 0 Å². The standard InChI is InChI=1S/C8H14N2/c1-4-6-10-8(5-2)7-9-3/h4-6,9H,1,7H2,2-3H3/b8-5-,10-6?. The zero-order valence-corrected chi connectivity index (χ0v) is 6.59. The van der Waals surface area contributed by atoms with Crippen LogP contribution in [0.2, 0.25) is 0 Å². The Balaban J connectivity index is 3.84. The van der Waals surface area contributed by atoms with Gasteiger partial charge in [-0.1, -0.05) is 18.7 Å². The van der Waals surface area contributed by atoms with Gasteiger partial charge in [0.1, 0.15) is 0 Å². The first-order valence-electron chi connectivity index (χ1n) is 3.30. The van der Waals surface area contributed by atoms with Gasteiger partial charge in [0.2, 0.25) is 0 Å². The molecule has 10 heavy (non-hydrogen) atoms. The molecule has 0 saturated carbocycles. The number of allylic oxidation sites excluding steroid dienone is 2. The van der Waals surface area contributed by atoms with Gasteiger partial charge >= 0.3 is 0 Å². The predicted octanol–water partition coefficient (Wildman–Crippen LogP) is 1.37. The minimum atomic E-state index is 0.806. The number of likely N-dealkylation sites (N-methyl/N-ethyl adjacent to an activating group) is 1. The zero-order chi connectivity index (χ0) is 7.82. The summed E-state index contributed by atoms with van der Waals surface area (Å²) in [6, 6.07) is 0. The Morgan fingerprint density at radius 3 is 2.80 bits per heavy atom. The highest BCUT2D eigenvalue weighted by atomic mass is 14.9. The van der Waals surface area contributed by atoms with Gasteiger partial charge in [0.05, 0.1) is 0 Å². The second kappa shape index (κ2) is 6.23. The summed E-state index contributed by atoms with van der Waals surface area (Å²) in [5.41, 5.74) is 1.03. The van der Waals surface area contributed by atoms with E-state index >= 15 is 0 Å². The van der Waals surface area contributed by atoms with E-state index in [-0.39, 0.29) is 0 Å². The monoisotopic (exact) mass is 138 g/mol. The van der Waals surface area contributed by atoms with Gasteiger partial charge in [-0.05, 0) is 14.0 Å². The van der Waals surface area contributed by atoms with E-state index in [1.54, 1.807) is 12.3 Å². The van der Waals surface area contributed by atoms with Crippen LogP contribution < -0.4 is 5.32 Å². The molecule has 0 aliphatic heterocycles. The van der Waals surface area contributed by atoms with E-state index in [2.05, 4.69) is 16.9 Å². The second-order valence-corrected chi connectivity index (χ2v) is 1.82. The van der Waals surface area contributed by atoms with Crippen LogP contribution in [-0.2, 0) is 0 Å². The van der Waals surface area contributed by atoms with Crippen LogP contribution in [0.15, 0.2) is 29.4 Å². The van der Waals surface area contributed by atoms with E-state index in [1.165, 1.54) is 0 Å². The molecule has 2 nitrogen and oxygen atoms in total. The molecule has 0 unspecified atom stereocenters. The van der Waals surface area contributed by atoms with Crippen molar-refractivity contribution in [1.29, 1.82) is 0 Å². The van der Waals surface area contributed by atoms with Crippen LogP contribution in [0.3, 0.4) is 0 Å². The van der Waals surface area contributed by atoms with Gasteiger partial charge in [-0.2, -0.15) is 0 Å². The number of nitrogens with one attached hydrogen (secondary N) is 1. The minimum Gasteiger partial charge on any atom is -0.314 e. The fourth-order valence-electron chi connectivity index (χ4n) is 0.552. The van der Waals surface area contributed by atoms with Crippen molar-refractivity contribution in [1.82, 2.24) is 5.32 Å². The molecule has 0 aliphatic rings. The molecule has 0 bridgehead atoms. The maximum atomic E-state index is 4.11. The second-order valence-electron chi connectivity index (χ2n) is 1.82. The third-order valence-corrected chi connectivity index (χ3v) is 1.04. The number of nitrogens with zero attached hydrogens (tertiary/aromatic N) is 1. The molecule has 0 aromatic rings. The molecule has 0 fully saturated rings. The van der Waals surface area contributed by atoms with Crippen molar-refractivity contribution in [2.45, 2.75) is 6.92 Å². The van der Waals surface area contributed by atoms with Crippen LogP contribution >= 0.6 is 0 Å². The third-order valence-electron chi connectivity index (χ3n) is 1.04. The molecular formula is C8H14N2. The summed E-state index contributed by atoms with van der Waals surface area (Å²) in [6.07, 6.45) is 5.32. The number of aliphatic imine (C=N–C) groups is 1. The lowest BCUT2D eigenvalue weighted by Gasteiger charge is -1.96. The molecule has 1 N–H and O–H groups in total. The van der Waals surface area contributed by atoms with E-state index in [0.29, 0.717) is 0 Å². The highest BCUT2D eigenvalue weighted by Gasteiger charge is 1.85. The van der Waals surface area contributed by atoms with E-state index < -0.39 is 0 Å². The molecule has 0 radical (unpaired) electrons. The van der Waals surface area contributed by atoms with Crippen molar-refractivity contribution in [2.24, 2.45) is 4.99 Å². The first-order valence-corrected chi connectivity index (χ1v) is 3.30. The van der Waals surface area contributed by atoms with Crippen molar-refractivity contribution >= 4 is 6.21 Å². The number of rotatable bonds is 4. The normalized spacial score (nSPS) is 12.4. The molecule has 0 spiro atoms. The van der Waals surface area contributed by atoms with E-state index in [1.807, 2.05) is 20.0 Å². The summed E-state index contributed by atoms with van der Waals surface area (Å²) in [7, 11) is 1.90. The van der Waals surface area contributed by atoms with Gasteiger partial charge in [0.15, 0.2) is 0 Å². The fourth-order valence-corrected chi connectivity index (χ4v) is 0.552. The Hall–Kier alpha value is -0.890. The van der Waals surface area contributed by atoms with Crippen LogP contribution in [0.5, 0.6) is 0 Å². The molecule has 0 rings (SSSR count). The summed E-state index contributed by atoms with van der Waals surface area (Å²) in [4.78, 5) is 4.11. The number of hydrogen-bond acceptors (Lipinski definition) is 2.